The van der Waals surface area contributed by atoms with Gasteiger partial charge < -0.3 is 14.4 Å². The SMILES string of the molecule is Cc1nc(-c2cc(C(=O)N3CCN(c4ccccc4)CC3)c(C)n2CCc2ccccc2)cs1. The van der Waals surface area contributed by atoms with Crippen LogP contribution in [0.25, 0.3) is 11.4 Å². The molecule has 0 aliphatic carbocycles. The lowest BCUT2D eigenvalue weighted by Gasteiger charge is -2.36. The Kier molecular flexibility index (Phi) is 6.50. The maximum Gasteiger partial charge on any atom is 0.255 e. The number of piperazine rings is 1. The molecule has 5 nitrogen and oxygen atoms in total. The minimum absolute atomic E-state index is 0.122. The number of rotatable bonds is 6. The van der Waals surface area contributed by atoms with E-state index in [0.717, 1.165) is 66.8 Å². The molecule has 0 radical (unpaired) electrons. The molecule has 1 amide bonds. The second-order valence-electron chi connectivity index (χ2n) is 8.78. The van der Waals surface area contributed by atoms with Gasteiger partial charge in [-0.25, -0.2) is 4.98 Å². The van der Waals surface area contributed by atoms with E-state index in [4.69, 9.17) is 4.98 Å². The highest BCUT2D eigenvalue weighted by Gasteiger charge is 2.26. The summed E-state index contributed by atoms with van der Waals surface area (Å²) in [7, 11) is 0. The summed E-state index contributed by atoms with van der Waals surface area (Å²) in [4.78, 5) is 22.7. The summed E-state index contributed by atoms with van der Waals surface area (Å²) in [5.74, 6) is 0.122. The molecular weight excluding hydrogens is 440 g/mol. The number of para-hydroxylation sites is 1. The summed E-state index contributed by atoms with van der Waals surface area (Å²) in [5, 5.41) is 3.13. The zero-order chi connectivity index (χ0) is 23.5. The highest BCUT2D eigenvalue weighted by Crippen LogP contribution is 2.29. The molecular formula is C28H30N4OS. The Balaban J connectivity index is 1.38. The highest BCUT2D eigenvalue weighted by molar-refractivity contribution is 7.09. The van der Waals surface area contributed by atoms with Gasteiger partial charge in [-0.3, -0.25) is 4.79 Å². The quantitative estimate of drug-likeness (QED) is 0.377. The molecule has 34 heavy (non-hydrogen) atoms. The van der Waals surface area contributed by atoms with Crippen LogP contribution in [0.1, 0.15) is 26.6 Å². The largest absolute Gasteiger partial charge is 0.368 e. The van der Waals surface area contributed by atoms with Crippen molar-refractivity contribution in [3.63, 3.8) is 0 Å². The van der Waals surface area contributed by atoms with Gasteiger partial charge in [-0.2, -0.15) is 0 Å². The molecule has 0 saturated carbocycles. The van der Waals surface area contributed by atoms with E-state index in [1.54, 1.807) is 11.3 Å². The van der Waals surface area contributed by atoms with Gasteiger partial charge in [0.15, 0.2) is 0 Å². The van der Waals surface area contributed by atoms with Crippen LogP contribution in [0.2, 0.25) is 0 Å². The van der Waals surface area contributed by atoms with Crippen molar-refractivity contribution in [3.8, 4) is 11.4 Å². The Hall–Kier alpha value is -3.38. The molecule has 1 saturated heterocycles. The number of carbonyl (C=O) groups is 1. The molecule has 0 spiro atoms. The van der Waals surface area contributed by atoms with E-state index in [9.17, 15) is 4.79 Å². The second-order valence-corrected chi connectivity index (χ2v) is 9.84. The van der Waals surface area contributed by atoms with Crippen molar-refractivity contribution in [3.05, 3.63) is 93.9 Å². The molecule has 3 heterocycles. The van der Waals surface area contributed by atoms with Crippen molar-refractivity contribution in [2.45, 2.75) is 26.8 Å². The predicted octanol–water partition coefficient (Wildman–Crippen LogP) is 5.43. The molecule has 2 aromatic heterocycles. The third-order valence-corrected chi connectivity index (χ3v) is 7.41. The zero-order valence-electron chi connectivity index (χ0n) is 19.8. The summed E-state index contributed by atoms with van der Waals surface area (Å²) in [6.07, 6.45) is 0.913. The first kappa shape index (κ1) is 22.4. The van der Waals surface area contributed by atoms with Crippen LogP contribution < -0.4 is 4.90 Å². The Bertz CT molecular complexity index is 1250. The third-order valence-electron chi connectivity index (χ3n) is 6.63. The number of hydrogen-bond donors (Lipinski definition) is 0. The van der Waals surface area contributed by atoms with Gasteiger partial charge in [0.2, 0.25) is 0 Å². The van der Waals surface area contributed by atoms with Crippen LogP contribution >= 0.6 is 11.3 Å². The monoisotopic (exact) mass is 470 g/mol. The summed E-state index contributed by atoms with van der Waals surface area (Å²) >= 11 is 1.65. The van der Waals surface area contributed by atoms with Gasteiger partial charge in [0, 0.05) is 49.5 Å². The normalized spacial score (nSPS) is 13.9. The Morgan fingerprint density at radius 2 is 1.62 bits per heavy atom. The number of nitrogens with zero attached hydrogens (tertiary/aromatic N) is 4. The van der Waals surface area contributed by atoms with Gasteiger partial charge in [-0.1, -0.05) is 48.5 Å². The van der Waals surface area contributed by atoms with Gasteiger partial charge >= 0.3 is 0 Å². The number of anilines is 1. The first-order valence-electron chi connectivity index (χ1n) is 11.9. The number of amides is 1. The highest BCUT2D eigenvalue weighted by atomic mass is 32.1. The van der Waals surface area contributed by atoms with E-state index < -0.39 is 0 Å². The summed E-state index contributed by atoms with van der Waals surface area (Å²) in [6, 6.07) is 23.0. The van der Waals surface area contributed by atoms with Gasteiger partial charge in [0.25, 0.3) is 5.91 Å². The predicted molar refractivity (Wildman–Crippen MR) is 140 cm³/mol. The summed E-state index contributed by atoms with van der Waals surface area (Å²) in [6.45, 7) is 8.07. The molecule has 0 bridgehead atoms. The van der Waals surface area contributed by atoms with Crippen molar-refractivity contribution in [1.82, 2.24) is 14.5 Å². The van der Waals surface area contributed by atoms with E-state index in [0.29, 0.717) is 0 Å². The second kappa shape index (κ2) is 9.85. The first-order valence-corrected chi connectivity index (χ1v) is 12.7. The van der Waals surface area contributed by atoms with Crippen LogP contribution in [-0.2, 0) is 13.0 Å². The van der Waals surface area contributed by atoms with Crippen molar-refractivity contribution in [2.75, 3.05) is 31.1 Å². The molecule has 0 N–H and O–H groups in total. The lowest BCUT2D eigenvalue weighted by molar-refractivity contribution is 0.0746. The van der Waals surface area contributed by atoms with Gasteiger partial charge in [-0.05, 0) is 44.0 Å². The minimum atomic E-state index is 0.122. The molecule has 0 unspecified atom stereocenters. The Morgan fingerprint density at radius 1 is 0.941 bits per heavy atom. The van der Waals surface area contributed by atoms with Gasteiger partial charge in [-0.15, -0.1) is 11.3 Å². The summed E-state index contributed by atoms with van der Waals surface area (Å²) in [5.41, 5.74) is 6.31. The maximum atomic E-state index is 13.6. The van der Waals surface area contributed by atoms with Crippen LogP contribution in [0.3, 0.4) is 0 Å². The molecule has 6 heteroatoms. The average molecular weight is 471 g/mol. The number of hydrogen-bond acceptors (Lipinski definition) is 4. The lowest BCUT2D eigenvalue weighted by atomic mass is 10.1. The number of carbonyl (C=O) groups excluding carboxylic acids is 1. The van der Waals surface area contributed by atoms with Crippen molar-refractivity contribution < 1.29 is 4.79 Å². The standard InChI is InChI=1S/C28H30N4OS/c1-21-25(28(33)31-17-15-30(16-18-31)24-11-7-4-8-12-24)19-27(26-20-34-22(2)29-26)32(21)14-13-23-9-5-3-6-10-23/h3-12,19-20H,13-18H2,1-2H3. The number of thiazole rings is 1. The fraction of sp³-hybridized carbons (Fsp3) is 0.286. The molecule has 1 aliphatic rings. The first-order chi connectivity index (χ1) is 16.6. The van der Waals surface area contributed by atoms with Crippen molar-refractivity contribution >= 4 is 22.9 Å². The van der Waals surface area contributed by atoms with Gasteiger partial charge in [0.05, 0.1) is 22.0 Å². The number of benzene rings is 2. The zero-order valence-corrected chi connectivity index (χ0v) is 20.6. The molecule has 5 rings (SSSR count). The average Bonchev–Trinajstić information content (AvgIpc) is 3.46. The third kappa shape index (κ3) is 4.64. The topological polar surface area (TPSA) is 41.4 Å². The molecule has 174 valence electrons. The lowest BCUT2D eigenvalue weighted by Crippen LogP contribution is -2.48. The van der Waals surface area contributed by atoms with E-state index in [2.05, 4.69) is 76.4 Å². The fourth-order valence-electron chi connectivity index (χ4n) is 4.71. The van der Waals surface area contributed by atoms with Crippen LogP contribution in [0, 0.1) is 13.8 Å². The Labute approximate surface area is 205 Å². The molecule has 2 aromatic carbocycles. The van der Waals surface area contributed by atoms with E-state index in [1.165, 1.54) is 11.3 Å². The van der Waals surface area contributed by atoms with Gasteiger partial charge in [0.1, 0.15) is 0 Å². The van der Waals surface area contributed by atoms with Crippen LogP contribution in [-0.4, -0.2) is 46.5 Å². The molecule has 1 fully saturated rings. The van der Waals surface area contributed by atoms with Crippen LogP contribution in [0.5, 0.6) is 0 Å². The van der Waals surface area contributed by atoms with Crippen LogP contribution in [0.4, 0.5) is 5.69 Å². The fourth-order valence-corrected chi connectivity index (χ4v) is 5.31. The smallest absolute Gasteiger partial charge is 0.255 e. The minimum Gasteiger partial charge on any atom is -0.368 e. The maximum absolute atomic E-state index is 13.6. The van der Waals surface area contributed by atoms with E-state index in [-0.39, 0.29) is 5.91 Å². The van der Waals surface area contributed by atoms with Crippen molar-refractivity contribution in [2.24, 2.45) is 0 Å². The Morgan fingerprint density at radius 3 is 2.26 bits per heavy atom. The van der Waals surface area contributed by atoms with Crippen LogP contribution in [0.15, 0.2) is 72.1 Å². The van der Waals surface area contributed by atoms with Crippen molar-refractivity contribution in [1.29, 1.82) is 0 Å². The number of aryl methyl sites for hydroxylation is 2. The molecule has 0 atom stereocenters. The van der Waals surface area contributed by atoms with E-state index >= 15 is 0 Å². The molecule has 4 aromatic rings. The summed E-state index contributed by atoms with van der Waals surface area (Å²) < 4.78 is 2.27. The molecule has 1 aliphatic heterocycles. The van der Waals surface area contributed by atoms with E-state index in [1.807, 2.05) is 24.0 Å². The number of aromatic nitrogens is 2.